The van der Waals surface area contributed by atoms with E-state index in [0.717, 1.165) is 66.2 Å². The van der Waals surface area contributed by atoms with Gasteiger partial charge in [0, 0.05) is 0 Å². The number of nitrogens with zero attached hydrogens (tertiary/aromatic N) is 2. The summed E-state index contributed by atoms with van der Waals surface area (Å²) >= 11 is 0. The van der Waals surface area contributed by atoms with Crippen LogP contribution < -0.4 is 41.6 Å². The molecule has 6 heteroatoms. The molecular formula is C43H42F2N2P2. The van der Waals surface area contributed by atoms with Crippen molar-refractivity contribution >= 4 is 69.8 Å². The molecule has 0 saturated heterocycles. The first-order valence-corrected chi connectivity index (χ1v) is 20.5. The molecule has 0 spiro atoms. The Bertz CT molecular complexity index is 2120. The van der Waals surface area contributed by atoms with Crippen molar-refractivity contribution in [3.8, 4) is 0 Å². The van der Waals surface area contributed by atoms with Crippen LogP contribution in [0.3, 0.4) is 0 Å². The summed E-state index contributed by atoms with van der Waals surface area (Å²) in [6.45, 7) is 10.9. The van der Waals surface area contributed by atoms with Crippen LogP contribution in [-0.4, -0.2) is 20.8 Å². The molecule has 2 nitrogen and oxygen atoms in total. The fraction of sp³-hybridized carbons (Fsp3) is 0.163. The van der Waals surface area contributed by atoms with Gasteiger partial charge in [-0.05, 0) is 0 Å². The van der Waals surface area contributed by atoms with Gasteiger partial charge in [-0.2, -0.15) is 0 Å². The SMILES string of the molecule is Cc1ccc2c(c1)N(C)c1cc(C)ccc1[PH](C)(c1cccc(F)c1)c1ccc(C)cc1N(C)c1cc(C)ccc1P2c1cccc(F)c1. The normalized spacial score (nSPS) is 16.0. The van der Waals surface area contributed by atoms with Crippen molar-refractivity contribution in [2.45, 2.75) is 27.7 Å². The molecule has 0 amide bonds. The van der Waals surface area contributed by atoms with E-state index in [9.17, 15) is 0 Å². The van der Waals surface area contributed by atoms with E-state index in [4.69, 9.17) is 0 Å². The molecule has 49 heavy (non-hydrogen) atoms. The van der Waals surface area contributed by atoms with Crippen LogP contribution >= 0.6 is 15.2 Å². The third-order valence-corrected chi connectivity index (χ3v) is 17.0. The Balaban J connectivity index is 1.68. The molecule has 1 aliphatic heterocycles. The van der Waals surface area contributed by atoms with Gasteiger partial charge in [0.15, 0.2) is 0 Å². The molecule has 0 aromatic heterocycles. The fourth-order valence-corrected chi connectivity index (χ4v) is 14.1. The number of hydrogen-bond donors (Lipinski definition) is 0. The van der Waals surface area contributed by atoms with Crippen LogP contribution in [0.15, 0.2) is 121 Å². The molecule has 0 N–H and O–H groups in total. The zero-order chi connectivity index (χ0) is 34.6. The van der Waals surface area contributed by atoms with Crippen LogP contribution in [0, 0.1) is 39.3 Å². The van der Waals surface area contributed by atoms with Crippen molar-refractivity contribution in [2.24, 2.45) is 0 Å². The molecule has 7 rings (SSSR count). The summed E-state index contributed by atoms with van der Waals surface area (Å²) in [6, 6.07) is 41.2. The molecular weight excluding hydrogens is 644 g/mol. The van der Waals surface area contributed by atoms with Crippen molar-refractivity contribution in [2.75, 3.05) is 30.6 Å². The molecule has 0 saturated carbocycles. The third-order valence-electron chi connectivity index (χ3n) is 10.0. The molecule has 0 atom stereocenters. The Morgan fingerprint density at radius 1 is 0.490 bits per heavy atom. The van der Waals surface area contributed by atoms with Crippen molar-refractivity contribution in [1.29, 1.82) is 0 Å². The predicted molar refractivity (Wildman–Crippen MR) is 213 cm³/mol. The van der Waals surface area contributed by atoms with Crippen LogP contribution in [0.5, 0.6) is 0 Å². The number of anilines is 4. The summed E-state index contributed by atoms with van der Waals surface area (Å²) in [7, 11) is 0.176. The van der Waals surface area contributed by atoms with Gasteiger partial charge in [0.2, 0.25) is 0 Å². The molecule has 1 aliphatic rings. The first-order chi connectivity index (χ1) is 23.4. The Morgan fingerprint density at radius 3 is 1.39 bits per heavy atom. The number of hydrogen-bond acceptors (Lipinski definition) is 2. The summed E-state index contributed by atoms with van der Waals surface area (Å²) < 4.78 is 30.4. The zero-order valence-electron chi connectivity index (χ0n) is 29.1. The van der Waals surface area contributed by atoms with E-state index in [1.165, 1.54) is 22.7 Å². The second kappa shape index (κ2) is 12.8. The zero-order valence-corrected chi connectivity index (χ0v) is 31.0. The number of rotatable bonds is 2. The van der Waals surface area contributed by atoms with Gasteiger partial charge in [-0.15, -0.1) is 0 Å². The fourth-order valence-electron chi connectivity index (χ4n) is 7.40. The van der Waals surface area contributed by atoms with E-state index in [0.29, 0.717) is 0 Å². The van der Waals surface area contributed by atoms with E-state index in [1.54, 1.807) is 12.1 Å². The minimum atomic E-state index is -2.92. The summed E-state index contributed by atoms with van der Waals surface area (Å²) in [6.07, 6.45) is 0. The van der Waals surface area contributed by atoms with E-state index >= 15 is 8.78 Å². The number of benzene rings is 6. The van der Waals surface area contributed by atoms with E-state index in [1.807, 2.05) is 12.1 Å². The minimum absolute atomic E-state index is 0.232. The maximum absolute atomic E-state index is 15.3. The summed E-state index contributed by atoms with van der Waals surface area (Å²) in [5.74, 6) is -0.474. The Kier molecular flexibility index (Phi) is 8.68. The number of halogens is 2. The second-order valence-corrected chi connectivity index (χ2v) is 19.6. The Labute approximate surface area is 291 Å². The third kappa shape index (κ3) is 5.86. The van der Waals surface area contributed by atoms with E-state index in [2.05, 4.69) is 143 Å². The average Bonchev–Trinajstić information content (AvgIpc) is 3.08. The maximum atomic E-state index is 15.3. The number of aryl methyl sites for hydroxylation is 4. The average molecular weight is 687 g/mol. The van der Waals surface area contributed by atoms with Gasteiger partial charge < -0.3 is 0 Å². The van der Waals surface area contributed by atoms with E-state index in [-0.39, 0.29) is 11.6 Å². The van der Waals surface area contributed by atoms with Gasteiger partial charge in [0.05, 0.1) is 0 Å². The van der Waals surface area contributed by atoms with Crippen molar-refractivity contribution < 1.29 is 8.78 Å². The molecule has 248 valence electrons. The molecule has 0 unspecified atom stereocenters. The standard InChI is InChI=1S/C43H42F2N2P2/c1-28-14-18-40-36(22-28)46(5)38-24-30(3)16-20-42(38)49(7,35-13-9-11-33(45)27-35)43-21-17-31(4)25-39(43)47(6)37-23-29(2)15-19-41(37)48(40)34-12-8-10-32(44)26-34/h8-27,49H,1-7H3. The topological polar surface area (TPSA) is 6.48 Å². The monoisotopic (exact) mass is 686 g/mol. The molecule has 1 heterocycles. The quantitative estimate of drug-likeness (QED) is 0.169. The summed E-state index contributed by atoms with van der Waals surface area (Å²) in [5.41, 5.74) is 8.94. The van der Waals surface area contributed by atoms with Crippen LogP contribution in [0.1, 0.15) is 22.3 Å². The molecule has 6 aromatic rings. The van der Waals surface area contributed by atoms with E-state index < -0.39 is 15.2 Å². The first-order valence-electron chi connectivity index (χ1n) is 16.7. The van der Waals surface area contributed by atoms with Gasteiger partial charge in [0.25, 0.3) is 0 Å². The number of fused-ring (bicyclic) bond motifs is 4. The van der Waals surface area contributed by atoms with Crippen LogP contribution in [0.25, 0.3) is 0 Å². The molecule has 0 bridgehead atoms. The van der Waals surface area contributed by atoms with Crippen LogP contribution in [0.4, 0.5) is 31.5 Å². The van der Waals surface area contributed by atoms with Gasteiger partial charge in [0.1, 0.15) is 0 Å². The summed E-state index contributed by atoms with van der Waals surface area (Å²) in [4.78, 5) is 4.66. The van der Waals surface area contributed by atoms with Gasteiger partial charge in [-0.3, -0.25) is 0 Å². The van der Waals surface area contributed by atoms with Crippen LogP contribution in [0.2, 0.25) is 0 Å². The van der Waals surface area contributed by atoms with Crippen molar-refractivity contribution in [3.63, 3.8) is 0 Å². The second-order valence-electron chi connectivity index (χ2n) is 13.6. The van der Waals surface area contributed by atoms with Crippen LogP contribution in [-0.2, 0) is 0 Å². The predicted octanol–water partition coefficient (Wildman–Crippen LogP) is 8.46. The summed E-state index contributed by atoms with van der Waals surface area (Å²) in [5, 5.41) is 6.68. The van der Waals surface area contributed by atoms with Gasteiger partial charge >= 0.3 is 292 Å². The van der Waals surface area contributed by atoms with Crippen molar-refractivity contribution in [1.82, 2.24) is 0 Å². The first kappa shape index (κ1) is 33.2. The molecule has 0 radical (unpaired) electrons. The van der Waals surface area contributed by atoms with Gasteiger partial charge in [-0.1, -0.05) is 0 Å². The molecule has 0 aliphatic carbocycles. The Morgan fingerprint density at radius 2 is 0.918 bits per heavy atom. The molecule has 0 fully saturated rings. The van der Waals surface area contributed by atoms with Gasteiger partial charge in [-0.25, -0.2) is 0 Å². The Hall–Kier alpha value is -4.36. The molecule has 6 aromatic carbocycles. The van der Waals surface area contributed by atoms with Crippen molar-refractivity contribution in [3.05, 3.63) is 155 Å².